The molecule has 0 fully saturated rings. The number of nitrogens with zero attached hydrogens (tertiary/aromatic N) is 4. The van der Waals surface area contributed by atoms with Crippen molar-refractivity contribution in [1.82, 2.24) is 20.1 Å². The molecule has 0 spiro atoms. The maximum Gasteiger partial charge on any atom is 0.271 e. The molecular weight excluding hydrogens is 386 g/mol. The fourth-order valence-corrected chi connectivity index (χ4v) is 3.35. The van der Waals surface area contributed by atoms with E-state index in [1.165, 1.54) is 11.3 Å². The van der Waals surface area contributed by atoms with Gasteiger partial charge in [-0.05, 0) is 25.1 Å². The second-order valence-corrected chi connectivity index (χ2v) is 7.24. The van der Waals surface area contributed by atoms with Crippen molar-refractivity contribution in [2.24, 2.45) is 0 Å². The van der Waals surface area contributed by atoms with E-state index in [9.17, 15) is 4.79 Å². The van der Waals surface area contributed by atoms with E-state index in [1.807, 2.05) is 25.3 Å². The molecule has 1 unspecified atom stereocenters. The summed E-state index contributed by atoms with van der Waals surface area (Å²) < 4.78 is 1.73. The molecule has 0 aliphatic heterocycles. The van der Waals surface area contributed by atoms with E-state index in [0.29, 0.717) is 27.8 Å². The Balaban J connectivity index is 1.64. The number of carbonyl (C=O) groups excluding carboxylic acids is 1. The highest BCUT2D eigenvalue weighted by Crippen LogP contribution is 2.24. The van der Waals surface area contributed by atoms with Crippen LogP contribution in [0.1, 0.15) is 28.0 Å². The van der Waals surface area contributed by atoms with Crippen LogP contribution in [0.4, 0.5) is 0 Å². The highest BCUT2D eigenvalue weighted by atomic mass is 35.5. The summed E-state index contributed by atoms with van der Waals surface area (Å²) in [7, 11) is 0. The molecule has 0 saturated heterocycles. The number of nitriles is 1. The van der Waals surface area contributed by atoms with Gasteiger partial charge in [-0.25, -0.2) is 4.98 Å². The van der Waals surface area contributed by atoms with Gasteiger partial charge in [0.05, 0.1) is 29.4 Å². The van der Waals surface area contributed by atoms with Crippen LogP contribution in [-0.2, 0) is 13.2 Å². The molecule has 2 aromatic heterocycles. The summed E-state index contributed by atoms with van der Waals surface area (Å²) in [5.41, 5.74) is 2.26. The summed E-state index contributed by atoms with van der Waals surface area (Å²) in [6.45, 7) is 2.17. The van der Waals surface area contributed by atoms with Gasteiger partial charge in [-0.1, -0.05) is 17.7 Å². The van der Waals surface area contributed by atoms with Crippen molar-refractivity contribution in [2.75, 3.05) is 0 Å². The molecule has 3 aromatic rings. The number of thiazole rings is 1. The number of aliphatic hydroxyl groups is 1. The average Bonchev–Trinajstić information content (AvgIpc) is 3.30. The summed E-state index contributed by atoms with van der Waals surface area (Å²) in [4.78, 5) is 16.2. The molecule has 0 radical (unpaired) electrons. The van der Waals surface area contributed by atoms with Crippen LogP contribution in [0.2, 0.25) is 5.02 Å². The Morgan fingerprint density at radius 2 is 2.30 bits per heavy atom. The SMILES string of the molecule is CC(Cn1ccc(-c2ccc(C#N)c(Cl)c2)n1)NC(=O)c1csc(CO)n1. The highest BCUT2D eigenvalue weighted by molar-refractivity contribution is 7.09. The normalized spacial score (nSPS) is 11.8. The van der Waals surface area contributed by atoms with Crippen molar-refractivity contribution in [3.63, 3.8) is 0 Å². The predicted molar refractivity (Wildman–Crippen MR) is 102 cm³/mol. The molecule has 27 heavy (non-hydrogen) atoms. The molecule has 0 bridgehead atoms. The van der Waals surface area contributed by atoms with Crippen molar-refractivity contribution in [3.8, 4) is 17.3 Å². The Hall–Kier alpha value is -2.73. The van der Waals surface area contributed by atoms with Gasteiger partial charge in [0, 0.05) is 23.2 Å². The number of carbonyl (C=O) groups is 1. The Morgan fingerprint density at radius 3 is 2.96 bits per heavy atom. The summed E-state index contributed by atoms with van der Waals surface area (Å²) in [6, 6.07) is 8.86. The van der Waals surface area contributed by atoms with Gasteiger partial charge in [0.2, 0.25) is 0 Å². The summed E-state index contributed by atoms with van der Waals surface area (Å²) in [5, 5.41) is 27.8. The monoisotopic (exact) mass is 401 g/mol. The zero-order valence-corrected chi connectivity index (χ0v) is 16.0. The van der Waals surface area contributed by atoms with Gasteiger partial charge in [0.25, 0.3) is 5.91 Å². The molecule has 138 valence electrons. The van der Waals surface area contributed by atoms with E-state index in [4.69, 9.17) is 22.0 Å². The maximum atomic E-state index is 12.2. The number of halogens is 1. The molecule has 0 saturated carbocycles. The van der Waals surface area contributed by atoms with E-state index in [1.54, 1.807) is 28.3 Å². The number of hydrogen-bond acceptors (Lipinski definition) is 6. The second kappa shape index (κ2) is 8.31. The quantitative estimate of drug-likeness (QED) is 0.660. The van der Waals surface area contributed by atoms with E-state index in [0.717, 1.165) is 11.3 Å². The second-order valence-electron chi connectivity index (χ2n) is 5.89. The fourth-order valence-electron chi connectivity index (χ4n) is 2.49. The summed E-state index contributed by atoms with van der Waals surface area (Å²) in [6.07, 6.45) is 1.82. The lowest BCUT2D eigenvalue weighted by molar-refractivity contribution is 0.0931. The Morgan fingerprint density at radius 1 is 1.48 bits per heavy atom. The Bertz CT molecular complexity index is 1010. The number of benzene rings is 1. The molecule has 3 rings (SSSR count). The maximum absolute atomic E-state index is 12.2. The Labute approximate surface area is 164 Å². The van der Waals surface area contributed by atoms with Crippen LogP contribution >= 0.6 is 22.9 Å². The molecule has 1 aromatic carbocycles. The lowest BCUT2D eigenvalue weighted by Crippen LogP contribution is -2.36. The van der Waals surface area contributed by atoms with Gasteiger partial charge < -0.3 is 10.4 Å². The Kier molecular flexibility index (Phi) is 5.86. The highest BCUT2D eigenvalue weighted by Gasteiger charge is 2.14. The third-order valence-electron chi connectivity index (χ3n) is 3.78. The van der Waals surface area contributed by atoms with Crippen LogP contribution in [0, 0.1) is 11.3 Å². The third-order valence-corrected chi connectivity index (χ3v) is 4.93. The molecule has 2 heterocycles. The summed E-state index contributed by atoms with van der Waals surface area (Å²) >= 11 is 7.32. The first-order chi connectivity index (χ1) is 13.0. The molecular formula is C18H16ClN5O2S. The molecule has 7 nitrogen and oxygen atoms in total. The number of hydrogen-bond donors (Lipinski definition) is 2. The van der Waals surface area contributed by atoms with Gasteiger partial charge in [0.15, 0.2) is 0 Å². The van der Waals surface area contributed by atoms with Crippen LogP contribution < -0.4 is 5.32 Å². The van der Waals surface area contributed by atoms with Crippen molar-refractivity contribution in [1.29, 1.82) is 5.26 Å². The third kappa shape index (κ3) is 4.52. The van der Waals surface area contributed by atoms with E-state index in [-0.39, 0.29) is 18.6 Å². The zero-order chi connectivity index (χ0) is 19.4. The lowest BCUT2D eigenvalue weighted by atomic mass is 10.1. The molecule has 0 aliphatic carbocycles. The zero-order valence-electron chi connectivity index (χ0n) is 14.4. The largest absolute Gasteiger partial charge is 0.389 e. The minimum absolute atomic E-state index is 0.172. The van der Waals surface area contributed by atoms with Crippen LogP contribution in [0.5, 0.6) is 0 Å². The minimum atomic E-state index is -0.287. The van der Waals surface area contributed by atoms with Crippen molar-refractivity contribution >= 4 is 28.8 Å². The number of aliphatic hydroxyl groups excluding tert-OH is 1. The van der Waals surface area contributed by atoms with Crippen molar-refractivity contribution < 1.29 is 9.90 Å². The van der Waals surface area contributed by atoms with Gasteiger partial charge in [-0.2, -0.15) is 10.4 Å². The average molecular weight is 402 g/mol. The van der Waals surface area contributed by atoms with Crippen LogP contribution in [0.25, 0.3) is 11.3 Å². The molecule has 2 N–H and O–H groups in total. The smallest absolute Gasteiger partial charge is 0.271 e. The van der Waals surface area contributed by atoms with Gasteiger partial charge in [-0.15, -0.1) is 11.3 Å². The van der Waals surface area contributed by atoms with E-state index < -0.39 is 0 Å². The van der Waals surface area contributed by atoms with E-state index >= 15 is 0 Å². The number of rotatable bonds is 6. The van der Waals surface area contributed by atoms with Gasteiger partial charge in [-0.3, -0.25) is 9.48 Å². The van der Waals surface area contributed by atoms with Crippen molar-refractivity contribution in [3.05, 3.63) is 57.1 Å². The first-order valence-corrected chi connectivity index (χ1v) is 9.35. The first kappa shape index (κ1) is 19.0. The number of aromatic nitrogens is 3. The van der Waals surface area contributed by atoms with Crippen molar-refractivity contribution in [2.45, 2.75) is 26.1 Å². The predicted octanol–water partition coefficient (Wildman–Crippen LogP) is 2.84. The van der Waals surface area contributed by atoms with E-state index in [2.05, 4.69) is 15.4 Å². The molecule has 9 heteroatoms. The topological polar surface area (TPSA) is 104 Å². The number of amides is 1. The van der Waals surface area contributed by atoms with Crippen LogP contribution in [0.3, 0.4) is 0 Å². The van der Waals surface area contributed by atoms with Crippen LogP contribution in [-0.4, -0.2) is 31.8 Å². The minimum Gasteiger partial charge on any atom is -0.389 e. The van der Waals surface area contributed by atoms with Crippen LogP contribution in [0.15, 0.2) is 35.8 Å². The lowest BCUT2D eigenvalue weighted by Gasteiger charge is -2.13. The molecule has 1 amide bonds. The standard InChI is InChI=1S/C18H16ClN5O2S/c1-11(21-18(26)16-10-27-17(9-25)22-16)8-24-5-4-15(23-24)12-2-3-13(7-20)14(19)6-12/h2-6,10-11,25H,8-9H2,1H3,(H,21,26). The fraction of sp³-hybridized carbons (Fsp3) is 0.222. The first-order valence-electron chi connectivity index (χ1n) is 8.09. The number of nitrogens with one attached hydrogen (secondary N) is 1. The molecule has 1 atom stereocenters. The van der Waals surface area contributed by atoms with Gasteiger partial charge in [0.1, 0.15) is 16.8 Å². The molecule has 0 aliphatic rings. The summed E-state index contributed by atoms with van der Waals surface area (Å²) in [5.74, 6) is -0.287. The van der Waals surface area contributed by atoms with Gasteiger partial charge >= 0.3 is 0 Å².